The third kappa shape index (κ3) is 5.04. The molecule has 1 aliphatic rings. The molecule has 2 heterocycles. The van der Waals surface area contributed by atoms with Crippen molar-refractivity contribution in [1.29, 1.82) is 0 Å². The van der Waals surface area contributed by atoms with E-state index in [-0.39, 0.29) is 28.0 Å². The van der Waals surface area contributed by atoms with Crippen molar-refractivity contribution in [2.24, 2.45) is 5.41 Å². The minimum Gasteiger partial charge on any atom is -0.456 e. The van der Waals surface area contributed by atoms with Crippen LogP contribution in [0.15, 0.2) is 12.1 Å². The van der Waals surface area contributed by atoms with Crippen LogP contribution in [0.1, 0.15) is 49.0 Å². The van der Waals surface area contributed by atoms with Crippen molar-refractivity contribution in [2.45, 2.75) is 46.6 Å². The molecule has 1 fully saturated rings. The topological polar surface area (TPSA) is 101 Å². The molecule has 0 spiro atoms. The molecule has 0 bridgehead atoms. The number of hydrogen-bond donors (Lipinski definition) is 1. The van der Waals surface area contributed by atoms with Crippen LogP contribution < -0.4 is 10.2 Å². The van der Waals surface area contributed by atoms with Crippen LogP contribution >= 0.6 is 11.3 Å². The van der Waals surface area contributed by atoms with Crippen molar-refractivity contribution in [2.75, 3.05) is 11.5 Å². The molecule has 3 rings (SSSR count). The van der Waals surface area contributed by atoms with E-state index in [0.717, 1.165) is 48.1 Å². The number of esters is 1. The van der Waals surface area contributed by atoms with Gasteiger partial charge in [0.25, 0.3) is 11.8 Å². The summed E-state index contributed by atoms with van der Waals surface area (Å²) in [5.41, 5.74) is -0.0912. The van der Waals surface area contributed by atoms with E-state index in [9.17, 15) is 23.2 Å². The third-order valence-electron chi connectivity index (χ3n) is 5.17. The Balaban J connectivity index is 1.93. The zero-order valence-electron chi connectivity index (χ0n) is 17.5. The van der Waals surface area contributed by atoms with Gasteiger partial charge in [-0.2, -0.15) is 13.8 Å². The van der Waals surface area contributed by atoms with Gasteiger partial charge in [0.1, 0.15) is 5.69 Å². The lowest BCUT2D eigenvalue weighted by molar-refractivity contribution is -0.145. The SMILES string of the molecule is CC(=O)OCC(=O)N(c1cc(F)nc(F)c1)c1nc(C(=O)NC2CCC2(C)C)c(C)s1. The molecular weight excluding hydrogens is 430 g/mol. The van der Waals surface area contributed by atoms with Gasteiger partial charge in [-0.25, -0.2) is 4.98 Å². The number of halogens is 2. The van der Waals surface area contributed by atoms with E-state index in [1.54, 1.807) is 6.92 Å². The van der Waals surface area contributed by atoms with Gasteiger partial charge in [0.2, 0.25) is 11.9 Å². The van der Waals surface area contributed by atoms with E-state index in [0.29, 0.717) is 4.88 Å². The molecule has 2 aromatic rings. The Kier molecular flexibility index (Phi) is 6.35. The Morgan fingerprint density at radius 2 is 1.90 bits per heavy atom. The molecule has 0 aliphatic heterocycles. The molecule has 31 heavy (non-hydrogen) atoms. The van der Waals surface area contributed by atoms with E-state index >= 15 is 0 Å². The summed E-state index contributed by atoms with van der Waals surface area (Å²) in [6, 6.07) is 1.71. The number of thiazole rings is 1. The molecule has 0 radical (unpaired) electrons. The van der Waals surface area contributed by atoms with Crippen LogP contribution in [0.4, 0.5) is 19.6 Å². The van der Waals surface area contributed by atoms with Crippen LogP contribution in [0.2, 0.25) is 0 Å². The van der Waals surface area contributed by atoms with E-state index in [2.05, 4.69) is 29.1 Å². The van der Waals surface area contributed by atoms with Gasteiger partial charge in [0.15, 0.2) is 11.7 Å². The number of hydrogen-bond acceptors (Lipinski definition) is 7. The minimum absolute atomic E-state index is 0.00893. The molecule has 0 saturated heterocycles. The van der Waals surface area contributed by atoms with Gasteiger partial charge >= 0.3 is 5.97 Å². The summed E-state index contributed by atoms with van der Waals surface area (Å²) in [7, 11) is 0. The Morgan fingerprint density at radius 1 is 1.26 bits per heavy atom. The number of aromatic nitrogens is 2. The molecule has 0 aromatic carbocycles. The summed E-state index contributed by atoms with van der Waals surface area (Å²) in [4.78, 5) is 45.3. The Labute approximate surface area is 181 Å². The van der Waals surface area contributed by atoms with Crippen molar-refractivity contribution in [3.05, 3.63) is 34.6 Å². The second kappa shape index (κ2) is 8.66. The highest BCUT2D eigenvalue weighted by Gasteiger charge is 2.40. The number of carbonyl (C=O) groups is 3. The quantitative estimate of drug-likeness (QED) is 0.533. The van der Waals surface area contributed by atoms with Crippen molar-refractivity contribution in [3.63, 3.8) is 0 Å². The predicted molar refractivity (Wildman–Crippen MR) is 109 cm³/mol. The van der Waals surface area contributed by atoms with Gasteiger partial charge < -0.3 is 10.1 Å². The third-order valence-corrected chi connectivity index (χ3v) is 6.13. The summed E-state index contributed by atoms with van der Waals surface area (Å²) in [6.07, 6.45) is 1.86. The van der Waals surface area contributed by atoms with Crippen molar-refractivity contribution in [3.8, 4) is 0 Å². The predicted octanol–water partition coefficient (Wildman–Crippen LogP) is 3.27. The standard InChI is InChI=1S/C20H22F2N4O4S/c1-10-17(18(29)23-13-5-6-20(13,3)4)25-19(31-10)26(16(28)9-30-11(2)27)12-7-14(21)24-15(22)8-12/h7-8,13H,5-6,9H2,1-4H3,(H,23,29). The van der Waals surface area contributed by atoms with Crippen LogP contribution in [-0.2, 0) is 14.3 Å². The number of rotatable bonds is 6. The van der Waals surface area contributed by atoms with Crippen LogP contribution in [0.25, 0.3) is 0 Å². The fourth-order valence-corrected chi connectivity index (χ4v) is 4.16. The molecule has 1 unspecified atom stereocenters. The molecule has 1 saturated carbocycles. The van der Waals surface area contributed by atoms with Crippen molar-refractivity contribution >= 4 is 39.9 Å². The summed E-state index contributed by atoms with van der Waals surface area (Å²) < 4.78 is 32.1. The number of amides is 2. The maximum atomic E-state index is 13.7. The molecule has 11 heteroatoms. The lowest BCUT2D eigenvalue weighted by Gasteiger charge is -2.44. The minimum atomic E-state index is -1.14. The summed E-state index contributed by atoms with van der Waals surface area (Å²) >= 11 is 1.000. The van der Waals surface area contributed by atoms with Crippen molar-refractivity contribution < 1.29 is 27.9 Å². The molecule has 8 nitrogen and oxygen atoms in total. The monoisotopic (exact) mass is 452 g/mol. The van der Waals surface area contributed by atoms with Gasteiger partial charge in [0, 0.05) is 30.0 Å². The maximum absolute atomic E-state index is 13.7. The average Bonchev–Trinajstić information content (AvgIpc) is 3.04. The zero-order chi connectivity index (χ0) is 22.9. The number of nitrogens with one attached hydrogen (secondary N) is 1. The molecule has 1 N–H and O–H groups in total. The summed E-state index contributed by atoms with van der Waals surface area (Å²) in [5.74, 6) is -4.16. The number of anilines is 2. The lowest BCUT2D eigenvalue weighted by Crippen LogP contribution is -2.52. The van der Waals surface area contributed by atoms with Crippen LogP contribution in [0.5, 0.6) is 0 Å². The molecule has 1 aliphatic carbocycles. The van der Waals surface area contributed by atoms with Crippen LogP contribution in [-0.4, -0.2) is 40.4 Å². The first-order chi connectivity index (χ1) is 14.5. The Hall–Kier alpha value is -2.95. The van der Waals surface area contributed by atoms with Gasteiger partial charge in [-0.3, -0.25) is 19.3 Å². The molecule has 2 aromatic heterocycles. The number of ether oxygens (including phenoxy) is 1. The number of pyridine rings is 1. The fourth-order valence-electron chi connectivity index (χ4n) is 3.22. The van der Waals surface area contributed by atoms with E-state index in [1.807, 2.05) is 0 Å². The first kappa shape index (κ1) is 22.7. The largest absolute Gasteiger partial charge is 0.456 e. The number of aryl methyl sites for hydroxylation is 1. The molecular formula is C20H22F2N4O4S. The summed E-state index contributed by atoms with van der Waals surface area (Å²) in [5, 5.41) is 2.96. The average molecular weight is 452 g/mol. The first-order valence-corrected chi connectivity index (χ1v) is 10.4. The summed E-state index contributed by atoms with van der Waals surface area (Å²) in [6.45, 7) is 6.23. The normalized spacial score (nSPS) is 16.9. The number of nitrogens with zero attached hydrogens (tertiary/aromatic N) is 3. The van der Waals surface area contributed by atoms with Crippen LogP contribution in [0.3, 0.4) is 0 Å². The van der Waals surface area contributed by atoms with E-state index < -0.39 is 36.3 Å². The molecule has 2 amide bonds. The highest BCUT2D eigenvalue weighted by Crippen LogP contribution is 2.40. The Bertz CT molecular complexity index is 1020. The van der Waals surface area contributed by atoms with Gasteiger partial charge in [0.05, 0.1) is 5.69 Å². The van der Waals surface area contributed by atoms with Gasteiger partial charge in [-0.15, -0.1) is 11.3 Å². The smallest absolute Gasteiger partial charge is 0.303 e. The zero-order valence-corrected chi connectivity index (χ0v) is 18.3. The van der Waals surface area contributed by atoms with E-state index in [1.165, 1.54) is 0 Å². The highest BCUT2D eigenvalue weighted by molar-refractivity contribution is 7.16. The molecule has 166 valence electrons. The molecule has 1 atom stereocenters. The lowest BCUT2D eigenvalue weighted by atomic mass is 9.67. The van der Waals surface area contributed by atoms with Crippen LogP contribution in [0, 0.1) is 24.2 Å². The van der Waals surface area contributed by atoms with Gasteiger partial charge in [-0.05, 0) is 25.2 Å². The second-order valence-electron chi connectivity index (χ2n) is 7.93. The highest BCUT2D eigenvalue weighted by atomic mass is 32.1. The fraction of sp³-hybridized carbons (Fsp3) is 0.450. The Morgan fingerprint density at radius 3 is 2.42 bits per heavy atom. The second-order valence-corrected chi connectivity index (χ2v) is 9.12. The van der Waals surface area contributed by atoms with E-state index in [4.69, 9.17) is 4.74 Å². The first-order valence-electron chi connectivity index (χ1n) is 9.55. The number of carbonyl (C=O) groups excluding carboxylic acids is 3. The maximum Gasteiger partial charge on any atom is 0.303 e. The van der Waals surface area contributed by atoms with Gasteiger partial charge in [-0.1, -0.05) is 13.8 Å². The van der Waals surface area contributed by atoms with Crippen molar-refractivity contribution in [1.82, 2.24) is 15.3 Å².